The third kappa shape index (κ3) is 1.87. The molecule has 1 aromatic heterocycles. The molecule has 0 aliphatic carbocycles. The molecule has 22 heavy (non-hydrogen) atoms. The van der Waals surface area contributed by atoms with Crippen molar-refractivity contribution in [2.24, 2.45) is 5.92 Å². The number of ether oxygens (including phenoxy) is 2. The lowest BCUT2D eigenvalue weighted by molar-refractivity contribution is -0.179. The van der Waals surface area contributed by atoms with Crippen LogP contribution in [-0.2, 0) is 24.7 Å². The topological polar surface area (TPSA) is 123 Å². The fourth-order valence-corrected chi connectivity index (χ4v) is 3.07. The van der Waals surface area contributed by atoms with Crippen molar-refractivity contribution in [3.05, 3.63) is 28.3 Å². The van der Waals surface area contributed by atoms with Crippen LogP contribution in [0.1, 0.15) is 18.6 Å². The molecule has 0 amide bonds. The van der Waals surface area contributed by atoms with Crippen molar-refractivity contribution >= 4 is 11.8 Å². The molecule has 0 saturated carbocycles. The van der Waals surface area contributed by atoms with Crippen molar-refractivity contribution in [2.75, 3.05) is 7.11 Å². The number of carbonyl (C=O) groups excluding carboxylic acids is 2. The molecule has 2 aliphatic rings. The van der Waals surface area contributed by atoms with Gasteiger partial charge in [0.05, 0.1) is 25.4 Å². The number of Topliss-reactive ketones (excluding diaryl/α,β-unsaturated/α-hetero) is 1. The van der Waals surface area contributed by atoms with E-state index in [4.69, 9.17) is 9.15 Å². The van der Waals surface area contributed by atoms with Gasteiger partial charge in [-0.3, -0.25) is 14.4 Å². The normalized spacial score (nSPS) is 33.7. The van der Waals surface area contributed by atoms with Crippen LogP contribution in [0.3, 0.4) is 0 Å². The van der Waals surface area contributed by atoms with E-state index < -0.39 is 52.4 Å². The SMILES string of the molecule is COC(=O)C1CC2OC1CC(=O)C2(O)c1occc(=O)c1O. The third-order valence-electron chi connectivity index (χ3n) is 4.24. The van der Waals surface area contributed by atoms with Gasteiger partial charge in [-0.25, -0.2) is 0 Å². The minimum Gasteiger partial charge on any atom is -0.502 e. The number of aromatic hydroxyl groups is 1. The molecule has 2 N–H and O–H groups in total. The summed E-state index contributed by atoms with van der Waals surface area (Å²) in [5.41, 5.74) is -3.09. The van der Waals surface area contributed by atoms with Gasteiger partial charge >= 0.3 is 5.97 Å². The van der Waals surface area contributed by atoms with Crippen molar-refractivity contribution < 1.29 is 33.7 Å². The molecule has 2 saturated heterocycles. The summed E-state index contributed by atoms with van der Waals surface area (Å²) in [6.45, 7) is 0. The van der Waals surface area contributed by atoms with Crippen LogP contribution in [0, 0.1) is 5.92 Å². The van der Waals surface area contributed by atoms with Crippen LogP contribution in [0.5, 0.6) is 5.75 Å². The monoisotopic (exact) mass is 310 g/mol. The summed E-state index contributed by atoms with van der Waals surface area (Å²) in [6, 6.07) is 0.963. The Balaban J connectivity index is 2.04. The predicted octanol–water partition coefficient (Wildman–Crippen LogP) is -0.548. The van der Waals surface area contributed by atoms with E-state index in [1.54, 1.807) is 0 Å². The maximum Gasteiger partial charge on any atom is 0.311 e. The maximum atomic E-state index is 12.3. The Morgan fingerprint density at radius 1 is 1.45 bits per heavy atom. The van der Waals surface area contributed by atoms with Gasteiger partial charge < -0.3 is 24.1 Å². The van der Waals surface area contributed by atoms with Crippen LogP contribution in [0.15, 0.2) is 21.5 Å². The standard InChI is InChI=1S/C14H14O8/c1-20-13(18)6-4-10-14(19,9(16)5-8(6)22-10)12-11(17)7(15)2-3-21-12/h2-3,6,8,10,17,19H,4-5H2,1H3. The van der Waals surface area contributed by atoms with Gasteiger partial charge in [0.15, 0.2) is 11.5 Å². The van der Waals surface area contributed by atoms with E-state index in [0.717, 1.165) is 12.3 Å². The summed E-state index contributed by atoms with van der Waals surface area (Å²) >= 11 is 0. The number of fused-ring (bicyclic) bond motifs is 2. The Hall–Kier alpha value is -2.19. The molecule has 3 rings (SSSR count). The average molecular weight is 310 g/mol. The smallest absolute Gasteiger partial charge is 0.311 e. The van der Waals surface area contributed by atoms with Gasteiger partial charge in [0.2, 0.25) is 16.8 Å². The maximum absolute atomic E-state index is 12.3. The first kappa shape index (κ1) is 14.7. The Morgan fingerprint density at radius 2 is 2.18 bits per heavy atom. The predicted molar refractivity (Wildman–Crippen MR) is 68.9 cm³/mol. The number of hydrogen-bond donors (Lipinski definition) is 2. The number of methoxy groups -OCH3 is 1. The molecule has 118 valence electrons. The molecule has 8 nitrogen and oxygen atoms in total. The van der Waals surface area contributed by atoms with Crippen LogP contribution < -0.4 is 5.43 Å². The van der Waals surface area contributed by atoms with Gasteiger partial charge in [-0.15, -0.1) is 0 Å². The van der Waals surface area contributed by atoms with Gasteiger partial charge in [-0.05, 0) is 6.42 Å². The highest BCUT2D eigenvalue weighted by Gasteiger charge is 2.61. The number of rotatable bonds is 2. The lowest BCUT2D eigenvalue weighted by atomic mass is 9.85. The summed E-state index contributed by atoms with van der Waals surface area (Å²) in [5.74, 6) is -3.31. The summed E-state index contributed by atoms with van der Waals surface area (Å²) in [4.78, 5) is 35.6. The Bertz CT molecular complexity index is 692. The first-order valence-corrected chi connectivity index (χ1v) is 6.69. The zero-order chi connectivity index (χ0) is 16.1. The van der Waals surface area contributed by atoms with Crippen molar-refractivity contribution in [1.29, 1.82) is 0 Å². The molecule has 4 atom stereocenters. The van der Waals surface area contributed by atoms with Crippen molar-refractivity contribution in [1.82, 2.24) is 0 Å². The molecule has 0 spiro atoms. The average Bonchev–Trinajstić information content (AvgIpc) is 2.88. The zero-order valence-corrected chi connectivity index (χ0v) is 11.6. The van der Waals surface area contributed by atoms with Gasteiger partial charge in [-0.1, -0.05) is 0 Å². The van der Waals surface area contributed by atoms with Gasteiger partial charge in [-0.2, -0.15) is 0 Å². The van der Waals surface area contributed by atoms with Crippen LogP contribution in [-0.4, -0.2) is 41.3 Å². The quantitative estimate of drug-likeness (QED) is 0.698. The van der Waals surface area contributed by atoms with E-state index in [9.17, 15) is 24.6 Å². The van der Waals surface area contributed by atoms with Crippen LogP contribution >= 0.6 is 0 Å². The minimum atomic E-state index is -2.30. The van der Waals surface area contributed by atoms with Crippen molar-refractivity contribution in [2.45, 2.75) is 30.7 Å². The second-order valence-electron chi connectivity index (χ2n) is 5.38. The summed E-state index contributed by atoms with van der Waals surface area (Å²) in [7, 11) is 1.22. The Labute approximate surface area is 124 Å². The van der Waals surface area contributed by atoms with E-state index >= 15 is 0 Å². The molecule has 0 aromatic carbocycles. The Morgan fingerprint density at radius 3 is 2.86 bits per heavy atom. The lowest BCUT2D eigenvalue weighted by Crippen LogP contribution is -2.51. The van der Waals surface area contributed by atoms with Crippen LogP contribution in [0.2, 0.25) is 0 Å². The molecule has 8 heteroatoms. The van der Waals surface area contributed by atoms with Crippen molar-refractivity contribution in [3.8, 4) is 5.75 Å². The highest BCUT2D eigenvalue weighted by atomic mass is 16.5. The van der Waals surface area contributed by atoms with Crippen LogP contribution in [0.4, 0.5) is 0 Å². The first-order chi connectivity index (χ1) is 10.4. The van der Waals surface area contributed by atoms with Gasteiger partial charge in [0, 0.05) is 12.5 Å². The second-order valence-corrected chi connectivity index (χ2v) is 5.38. The highest BCUT2D eigenvalue weighted by Crippen LogP contribution is 2.47. The summed E-state index contributed by atoms with van der Waals surface area (Å²) in [5, 5.41) is 20.6. The largest absolute Gasteiger partial charge is 0.502 e. The van der Waals surface area contributed by atoms with Gasteiger partial charge in [0.25, 0.3) is 0 Å². The second kappa shape index (κ2) is 4.92. The van der Waals surface area contributed by atoms with E-state index in [1.165, 1.54) is 7.11 Å². The molecule has 2 fully saturated rings. The number of carbonyl (C=O) groups is 2. The number of hydrogen-bond acceptors (Lipinski definition) is 8. The van der Waals surface area contributed by atoms with Crippen molar-refractivity contribution in [3.63, 3.8) is 0 Å². The number of aliphatic hydroxyl groups is 1. The van der Waals surface area contributed by atoms with E-state index in [1.807, 2.05) is 0 Å². The van der Waals surface area contributed by atoms with Gasteiger partial charge in [0.1, 0.15) is 6.10 Å². The molecule has 4 unspecified atom stereocenters. The molecule has 0 radical (unpaired) electrons. The zero-order valence-electron chi connectivity index (χ0n) is 11.6. The molecule has 2 aliphatic heterocycles. The fraction of sp³-hybridized carbons (Fsp3) is 0.500. The van der Waals surface area contributed by atoms with E-state index in [2.05, 4.69) is 4.74 Å². The van der Waals surface area contributed by atoms with Crippen LogP contribution in [0.25, 0.3) is 0 Å². The summed E-state index contributed by atoms with van der Waals surface area (Å²) in [6.07, 6.45) is -1.04. The lowest BCUT2D eigenvalue weighted by Gasteiger charge is -2.35. The minimum absolute atomic E-state index is 0.0254. The molecule has 2 bridgehead atoms. The Kier molecular flexibility index (Phi) is 3.30. The van der Waals surface area contributed by atoms with E-state index in [-0.39, 0.29) is 12.8 Å². The van der Waals surface area contributed by atoms with E-state index in [0.29, 0.717) is 0 Å². The third-order valence-corrected chi connectivity index (χ3v) is 4.24. The number of esters is 1. The number of ketones is 1. The molecule has 1 aromatic rings. The molecule has 3 heterocycles. The molecular formula is C14H14O8. The first-order valence-electron chi connectivity index (χ1n) is 6.69. The summed E-state index contributed by atoms with van der Waals surface area (Å²) < 4.78 is 15.2. The molecular weight excluding hydrogens is 296 g/mol. The highest BCUT2D eigenvalue weighted by molar-refractivity contribution is 5.91. The fourth-order valence-electron chi connectivity index (χ4n) is 3.07.